The highest BCUT2D eigenvalue weighted by Crippen LogP contribution is 2.30. The Hall–Kier alpha value is -3.32. The number of ether oxygens (including phenoxy) is 1. The predicted molar refractivity (Wildman–Crippen MR) is 137 cm³/mol. The number of nitrogens with one attached hydrogen (secondary N) is 1. The molecule has 0 spiro atoms. The molecule has 0 aliphatic carbocycles. The van der Waals surface area contributed by atoms with Crippen LogP contribution in [-0.2, 0) is 16.2 Å². The Morgan fingerprint density at radius 3 is 2.37 bits per heavy atom. The fourth-order valence-corrected chi connectivity index (χ4v) is 4.08. The van der Waals surface area contributed by atoms with Gasteiger partial charge in [-0.1, -0.05) is 59.1 Å². The molecule has 1 heterocycles. The molecule has 0 aromatic heterocycles. The zero-order chi connectivity index (χ0) is 25.3. The third kappa shape index (κ3) is 5.35. The molecule has 0 unspecified atom stereocenters. The number of carbonyl (C=O) groups excluding carboxylic acids is 3. The van der Waals surface area contributed by atoms with Crippen molar-refractivity contribution < 1.29 is 19.1 Å². The fourth-order valence-electron chi connectivity index (χ4n) is 3.52. The average Bonchev–Trinajstić information content (AvgIpc) is 2.80. The normalized spacial score (nSPS) is 14.9. The summed E-state index contributed by atoms with van der Waals surface area (Å²) in [5.74, 6) is -1.09. The summed E-state index contributed by atoms with van der Waals surface area (Å²) in [5, 5.41) is 3.38. The van der Waals surface area contributed by atoms with Gasteiger partial charge in [-0.15, -0.1) is 0 Å². The van der Waals surface area contributed by atoms with Gasteiger partial charge < -0.3 is 4.74 Å². The maximum Gasteiger partial charge on any atom is 0.335 e. The summed E-state index contributed by atoms with van der Waals surface area (Å²) in [6.07, 6.45) is 1.39. The molecule has 178 valence electrons. The minimum absolute atomic E-state index is 0.189. The monoisotopic (exact) mass is 528 g/mol. The van der Waals surface area contributed by atoms with E-state index in [1.807, 2.05) is 19.1 Å². The van der Waals surface area contributed by atoms with Crippen LogP contribution in [0.2, 0.25) is 15.1 Å². The van der Waals surface area contributed by atoms with Gasteiger partial charge in [0.15, 0.2) is 0 Å². The number of barbiturate groups is 1. The van der Waals surface area contributed by atoms with Crippen LogP contribution in [0.4, 0.5) is 10.5 Å². The van der Waals surface area contributed by atoms with Crippen molar-refractivity contribution >= 4 is 64.4 Å². The van der Waals surface area contributed by atoms with E-state index in [4.69, 9.17) is 39.5 Å². The van der Waals surface area contributed by atoms with E-state index in [2.05, 4.69) is 5.32 Å². The van der Waals surface area contributed by atoms with Gasteiger partial charge >= 0.3 is 6.03 Å². The Balaban J connectivity index is 1.58. The van der Waals surface area contributed by atoms with E-state index in [0.29, 0.717) is 27.0 Å². The third-order valence-electron chi connectivity index (χ3n) is 5.35. The number of hydrogen-bond acceptors (Lipinski definition) is 4. The van der Waals surface area contributed by atoms with Crippen molar-refractivity contribution in [1.29, 1.82) is 0 Å². The molecule has 3 aromatic rings. The van der Waals surface area contributed by atoms with Gasteiger partial charge in [0.25, 0.3) is 11.8 Å². The first kappa shape index (κ1) is 24.8. The summed E-state index contributed by atoms with van der Waals surface area (Å²) in [4.78, 5) is 39.1. The van der Waals surface area contributed by atoms with Crippen molar-refractivity contribution in [2.75, 3.05) is 4.90 Å². The molecule has 0 saturated carbocycles. The second kappa shape index (κ2) is 10.1. The highest BCUT2D eigenvalue weighted by atomic mass is 35.5. The van der Waals surface area contributed by atoms with Gasteiger partial charge in [-0.2, -0.15) is 0 Å². The molecule has 1 fully saturated rings. The molecule has 1 saturated heterocycles. The van der Waals surface area contributed by atoms with E-state index in [9.17, 15) is 14.4 Å². The SMILES string of the molecule is Cc1ccc(C)c(N2C(=O)NC(=O)/C(=C\c3ccc(OCc4ccc(Cl)c(Cl)c4)c(Cl)c3)C2=O)c1. The van der Waals surface area contributed by atoms with Gasteiger partial charge in [0, 0.05) is 0 Å². The zero-order valence-corrected chi connectivity index (χ0v) is 21.0. The van der Waals surface area contributed by atoms with E-state index in [1.165, 1.54) is 6.08 Å². The summed E-state index contributed by atoms with van der Waals surface area (Å²) in [5.41, 5.74) is 3.12. The van der Waals surface area contributed by atoms with Gasteiger partial charge in [-0.05, 0) is 72.5 Å². The van der Waals surface area contributed by atoms with Crippen LogP contribution in [0.25, 0.3) is 6.08 Å². The molecule has 0 atom stereocenters. The van der Waals surface area contributed by atoms with Crippen LogP contribution in [0.15, 0.2) is 60.2 Å². The van der Waals surface area contributed by atoms with Gasteiger partial charge in [0.2, 0.25) is 0 Å². The first-order chi connectivity index (χ1) is 16.6. The first-order valence-corrected chi connectivity index (χ1v) is 11.6. The lowest BCUT2D eigenvalue weighted by molar-refractivity contribution is -0.122. The molecule has 6 nitrogen and oxygen atoms in total. The van der Waals surface area contributed by atoms with Crippen LogP contribution < -0.4 is 15.0 Å². The zero-order valence-electron chi connectivity index (χ0n) is 18.7. The van der Waals surface area contributed by atoms with E-state index >= 15 is 0 Å². The van der Waals surface area contributed by atoms with Crippen LogP contribution in [-0.4, -0.2) is 17.8 Å². The van der Waals surface area contributed by atoms with Gasteiger partial charge in [-0.3, -0.25) is 14.9 Å². The Labute approximate surface area is 217 Å². The van der Waals surface area contributed by atoms with Crippen LogP contribution in [0.5, 0.6) is 5.75 Å². The molecular weight excluding hydrogens is 511 g/mol. The summed E-state index contributed by atoms with van der Waals surface area (Å²) < 4.78 is 5.76. The van der Waals surface area contributed by atoms with Crippen molar-refractivity contribution in [1.82, 2.24) is 5.32 Å². The number of urea groups is 1. The third-order valence-corrected chi connectivity index (χ3v) is 6.39. The number of carbonyl (C=O) groups is 3. The molecule has 3 aromatic carbocycles. The summed E-state index contributed by atoms with van der Waals surface area (Å²) in [7, 11) is 0. The van der Waals surface area contributed by atoms with E-state index < -0.39 is 17.8 Å². The van der Waals surface area contributed by atoms with Crippen LogP contribution in [0.3, 0.4) is 0 Å². The van der Waals surface area contributed by atoms with Crippen LogP contribution in [0, 0.1) is 13.8 Å². The van der Waals surface area contributed by atoms with Crippen molar-refractivity contribution in [3.8, 4) is 5.75 Å². The lowest BCUT2D eigenvalue weighted by Gasteiger charge is -2.27. The number of aryl methyl sites for hydroxylation is 2. The number of benzene rings is 3. The number of imide groups is 2. The maximum atomic E-state index is 13.2. The minimum atomic E-state index is -0.796. The molecule has 4 rings (SSSR count). The minimum Gasteiger partial charge on any atom is -0.487 e. The lowest BCUT2D eigenvalue weighted by atomic mass is 10.0. The topological polar surface area (TPSA) is 75.7 Å². The highest BCUT2D eigenvalue weighted by molar-refractivity contribution is 6.42. The molecule has 9 heteroatoms. The fraction of sp³-hybridized carbons (Fsp3) is 0.115. The predicted octanol–water partition coefficient (Wildman–Crippen LogP) is 6.51. The number of rotatable bonds is 5. The molecule has 0 radical (unpaired) electrons. The number of amides is 4. The van der Waals surface area contributed by atoms with Gasteiger partial charge in [0.1, 0.15) is 17.9 Å². The average molecular weight is 530 g/mol. The van der Waals surface area contributed by atoms with Crippen LogP contribution in [0.1, 0.15) is 22.3 Å². The van der Waals surface area contributed by atoms with E-state index in [-0.39, 0.29) is 17.2 Å². The molecule has 4 amide bonds. The van der Waals surface area contributed by atoms with E-state index in [1.54, 1.807) is 49.4 Å². The molecule has 35 heavy (non-hydrogen) atoms. The number of hydrogen-bond donors (Lipinski definition) is 1. The standard InChI is InChI=1S/C26H19Cl3N2O4/c1-14-3-4-15(2)22(9-14)31-25(33)18(24(32)30-26(31)34)10-16-6-8-23(21(29)11-16)35-13-17-5-7-19(27)20(28)12-17/h3-12H,13H2,1-2H3,(H,30,32,34)/b18-10+. The number of anilines is 1. The summed E-state index contributed by atoms with van der Waals surface area (Å²) in [6.45, 7) is 3.85. The Bertz CT molecular complexity index is 1400. The first-order valence-electron chi connectivity index (χ1n) is 10.5. The van der Waals surface area contributed by atoms with Crippen molar-refractivity contribution in [2.45, 2.75) is 20.5 Å². The molecular formula is C26H19Cl3N2O4. The largest absolute Gasteiger partial charge is 0.487 e. The second-order valence-electron chi connectivity index (χ2n) is 7.97. The van der Waals surface area contributed by atoms with Gasteiger partial charge in [0.05, 0.1) is 20.8 Å². The number of nitrogens with zero attached hydrogens (tertiary/aromatic N) is 1. The lowest BCUT2D eigenvalue weighted by Crippen LogP contribution is -2.54. The number of halogens is 3. The van der Waals surface area contributed by atoms with Gasteiger partial charge in [-0.25, -0.2) is 9.69 Å². The Morgan fingerprint density at radius 2 is 1.66 bits per heavy atom. The van der Waals surface area contributed by atoms with E-state index in [0.717, 1.165) is 21.6 Å². The summed E-state index contributed by atoms with van der Waals surface area (Å²) in [6, 6.07) is 14.6. The Kier molecular flexibility index (Phi) is 7.17. The highest BCUT2D eigenvalue weighted by Gasteiger charge is 2.37. The van der Waals surface area contributed by atoms with Crippen molar-refractivity contribution in [2.24, 2.45) is 0 Å². The molecule has 1 aliphatic heterocycles. The summed E-state index contributed by atoms with van der Waals surface area (Å²) >= 11 is 18.3. The smallest absolute Gasteiger partial charge is 0.335 e. The quantitative estimate of drug-likeness (QED) is 0.302. The molecule has 1 N–H and O–H groups in total. The van der Waals surface area contributed by atoms with Crippen molar-refractivity contribution in [3.63, 3.8) is 0 Å². The second-order valence-corrected chi connectivity index (χ2v) is 9.20. The van der Waals surface area contributed by atoms with Crippen LogP contribution >= 0.6 is 34.8 Å². The molecule has 0 bridgehead atoms. The van der Waals surface area contributed by atoms with Crippen molar-refractivity contribution in [3.05, 3.63) is 97.5 Å². The maximum absolute atomic E-state index is 13.2. The molecule has 1 aliphatic rings. The Morgan fingerprint density at radius 1 is 0.886 bits per heavy atom.